The Morgan fingerprint density at radius 3 is 2.57 bits per heavy atom. The predicted octanol–water partition coefficient (Wildman–Crippen LogP) is 4.70. The van der Waals surface area contributed by atoms with Crippen LogP contribution in [0.15, 0.2) is 53.7 Å². The van der Waals surface area contributed by atoms with Crippen molar-refractivity contribution in [3.05, 3.63) is 65.1 Å². The molecule has 4 rings (SSSR count). The number of allylic oxidation sites excluding steroid dienone is 2. The summed E-state index contributed by atoms with van der Waals surface area (Å²) in [4.78, 5) is 27.9. The molecule has 0 spiro atoms. The standard InChI is InChI=1S/C24H24FNO4/c1-24(2)12-18-23(20(28)13-24)15(14-8-9-19(27)21(10-14)30-3)11-22(29)26(18)17-7-5-4-6-16(17)25/h4-10,15,27H,11-13H2,1-3H3. The van der Waals surface area contributed by atoms with Gasteiger partial charge in [-0.25, -0.2) is 4.39 Å². The van der Waals surface area contributed by atoms with E-state index in [4.69, 9.17) is 4.74 Å². The Kier molecular flexibility index (Phi) is 4.88. The number of ether oxygens (including phenoxy) is 1. The van der Waals surface area contributed by atoms with Gasteiger partial charge in [-0.05, 0) is 41.7 Å². The Labute approximate surface area is 174 Å². The van der Waals surface area contributed by atoms with Crippen LogP contribution in [0.5, 0.6) is 11.5 Å². The van der Waals surface area contributed by atoms with Gasteiger partial charge in [0.05, 0.1) is 12.8 Å². The summed E-state index contributed by atoms with van der Waals surface area (Å²) >= 11 is 0. The first-order chi connectivity index (χ1) is 14.2. The minimum Gasteiger partial charge on any atom is -0.504 e. The highest BCUT2D eigenvalue weighted by atomic mass is 19.1. The highest BCUT2D eigenvalue weighted by Crippen LogP contribution is 2.49. The van der Waals surface area contributed by atoms with Gasteiger partial charge in [-0.3, -0.25) is 14.5 Å². The lowest BCUT2D eigenvalue weighted by Gasteiger charge is -2.43. The minimum absolute atomic E-state index is 0.0123. The van der Waals surface area contributed by atoms with Crippen molar-refractivity contribution < 1.29 is 23.8 Å². The third-order valence-corrected chi connectivity index (χ3v) is 5.84. The van der Waals surface area contributed by atoms with E-state index in [0.717, 1.165) is 0 Å². The zero-order valence-electron chi connectivity index (χ0n) is 17.2. The summed E-state index contributed by atoms with van der Waals surface area (Å²) in [6.45, 7) is 3.96. The molecule has 2 aromatic carbocycles. The molecule has 0 radical (unpaired) electrons. The van der Waals surface area contributed by atoms with Crippen LogP contribution in [-0.2, 0) is 9.59 Å². The SMILES string of the molecule is COc1cc(C2CC(=O)N(c3ccccc3F)C3=C2C(=O)CC(C)(C)C3)ccc1O. The Hall–Kier alpha value is -3.15. The van der Waals surface area contributed by atoms with Crippen molar-refractivity contribution in [2.75, 3.05) is 12.0 Å². The molecular weight excluding hydrogens is 385 g/mol. The van der Waals surface area contributed by atoms with Crippen LogP contribution in [0.1, 0.15) is 44.6 Å². The van der Waals surface area contributed by atoms with Crippen LogP contribution < -0.4 is 9.64 Å². The molecule has 1 aliphatic heterocycles. The average Bonchev–Trinajstić information content (AvgIpc) is 2.68. The van der Waals surface area contributed by atoms with Crippen LogP contribution in [0.25, 0.3) is 0 Å². The lowest BCUT2D eigenvalue weighted by atomic mass is 9.69. The maximum Gasteiger partial charge on any atom is 0.232 e. The number of hydrogen-bond donors (Lipinski definition) is 1. The number of carbonyl (C=O) groups excluding carboxylic acids is 2. The molecule has 5 nitrogen and oxygen atoms in total. The number of methoxy groups -OCH3 is 1. The molecule has 1 heterocycles. The number of amides is 1. The van der Waals surface area contributed by atoms with Gasteiger partial charge in [0.2, 0.25) is 5.91 Å². The largest absolute Gasteiger partial charge is 0.504 e. The number of benzene rings is 2. The fourth-order valence-corrected chi connectivity index (χ4v) is 4.52. The number of ketones is 1. The molecule has 1 unspecified atom stereocenters. The van der Waals surface area contributed by atoms with Crippen molar-refractivity contribution in [3.63, 3.8) is 0 Å². The van der Waals surface area contributed by atoms with Crippen LogP contribution >= 0.6 is 0 Å². The van der Waals surface area contributed by atoms with Crippen molar-refractivity contribution in [1.29, 1.82) is 0 Å². The van der Waals surface area contributed by atoms with Crippen molar-refractivity contribution >= 4 is 17.4 Å². The van der Waals surface area contributed by atoms with E-state index in [2.05, 4.69) is 0 Å². The van der Waals surface area contributed by atoms with Crippen molar-refractivity contribution in [2.45, 2.75) is 39.0 Å². The number of anilines is 1. The van der Waals surface area contributed by atoms with E-state index in [1.54, 1.807) is 30.3 Å². The molecule has 0 aromatic heterocycles. The van der Waals surface area contributed by atoms with Gasteiger partial charge in [-0.1, -0.05) is 32.0 Å². The fraction of sp³-hybridized carbons (Fsp3) is 0.333. The van der Waals surface area contributed by atoms with E-state index in [1.165, 1.54) is 24.1 Å². The van der Waals surface area contributed by atoms with Crippen molar-refractivity contribution in [1.82, 2.24) is 0 Å². The van der Waals surface area contributed by atoms with Gasteiger partial charge in [0.15, 0.2) is 17.3 Å². The summed E-state index contributed by atoms with van der Waals surface area (Å²) < 4.78 is 19.8. The zero-order chi connectivity index (χ0) is 21.6. The van der Waals surface area contributed by atoms with Crippen LogP contribution in [0.2, 0.25) is 0 Å². The van der Waals surface area contributed by atoms with E-state index in [1.807, 2.05) is 13.8 Å². The van der Waals surface area contributed by atoms with Crippen molar-refractivity contribution in [2.24, 2.45) is 5.41 Å². The first kappa shape index (κ1) is 20.1. The van der Waals surface area contributed by atoms with Crippen molar-refractivity contribution in [3.8, 4) is 11.5 Å². The second-order valence-electron chi connectivity index (χ2n) is 8.67. The number of carbonyl (C=O) groups is 2. The monoisotopic (exact) mass is 409 g/mol. The Balaban J connectivity index is 1.91. The minimum atomic E-state index is -0.502. The molecule has 1 amide bonds. The molecule has 0 bridgehead atoms. The van der Waals surface area contributed by atoms with Crippen LogP contribution in [0.4, 0.5) is 10.1 Å². The van der Waals surface area contributed by atoms with E-state index in [0.29, 0.717) is 29.7 Å². The Bertz CT molecular complexity index is 1070. The molecule has 0 saturated heterocycles. The van der Waals surface area contributed by atoms with Crippen LogP contribution in [0, 0.1) is 11.2 Å². The molecule has 2 aromatic rings. The number of para-hydroxylation sites is 1. The predicted molar refractivity (Wildman–Crippen MR) is 111 cm³/mol. The van der Waals surface area contributed by atoms with E-state index >= 15 is 0 Å². The highest BCUT2D eigenvalue weighted by Gasteiger charge is 2.44. The quantitative estimate of drug-likeness (QED) is 0.798. The first-order valence-electron chi connectivity index (χ1n) is 9.92. The zero-order valence-corrected chi connectivity index (χ0v) is 17.2. The van der Waals surface area contributed by atoms with E-state index in [9.17, 15) is 19.1 Å². The molecule has 1 atom stereocenters. The molecule has 30 heavy (non-hydrogen) atoms. The van der Waals surface area contributed by atoms with Gasteiger partial charge in [0, 0.05) is 30.0 Å². The van der Waals surface area contributed by atoms with Gasteiger partial charge in [0.1, 0.15) is 5.82 Å². The number of hydrogen-bond acceptors (Lipinski definition) is 4. The molecule has 1 N–H and O–H groups in total. The smallest absolute Gasteiger partial charge is 0.232 e. The third kappa shape index (κ3) is 3.36. The molecule has 6 heteroatoms. The lowest BCUT2D eigenvalue weighted by molar-refractivity contribution is -0.121. The number of halogens is 1. The summed E-state index contributed by atoms with van der Waals surface area (Å²) in [7, 11) is 1.45. The molecule has 1 aliphatic carbocycles. The Morgan fingerprint density at radius 1 is 1.13 bits per heavy atom. The summed E-state index contributed by atoms with van der Waals surface area (Å²) in [6, 6.07) is 11.0. The molecule has 156 valence electrons. The van der Waals surface area contributed by atoms with E-state index in [-0.39, 0.29) is 40.7 Å². The maximum atomic E-state index is 14.6. The van der Waals surface area contributed by atoms with Gasteiger partial charge < -0.3 is 9.84 Å². The van der Waals surface area contributed by atoms with Gasteiger partial charge >= 0.3 is 0 Å². The number of rotatable bonds is 3. The topological polar surface area (TPSA) is 66.8 Å². The number of nitrogens with zero attached hydrogens (tertiary/aromatic N) is 1. The Morgan fingerprint density at radius 2 is 1.87 bits per heavy atom. The highest BCUT2D eigenvalue weighted by molar-refractivity contribution is 6.07. The lowest BCUT2D eigenvalue weighted by Crippen LogP contribution is -2.44. The van der Waals surface area contributed by atoms with E-state index < -0.39 is 11.7 Å². The number of Topliss-reactive ketones (excluding diaryl/α,β-unsaturated/α-hetero) is 1. The number of aromatic hydroxyl groups is 1. The molecule has 0 fully saturated rings. The van der Waals surface area contributed by atoms with Gasteiger partial charge in [0.25, 0.3) is 0 Å². The first-order valence-corrected chi connectivity index (χ1v) is 9.92. The molecule has 2 aliphatic rings. The van der Waals surface area contributed by atoms with Crippen LogP contribution in [-0.4, -0.2) is 23.9 Å². The third-order valence-electron chi connectivity index (χ3n) is 5.84. The summed E-state index contributed by atoms with van der Waals surface area (Å²) in [6.07, 6.45) is 0.879. The second-order valence-corrected chi connectivity index (χ2v) is 8.67. The summed E-state index contributed by atoms with van der Waals surface area (Å²) in [5.41, 5.74) is 1.65. The molecular formula is C24H24FNO4. The van der Waals surface area contributed by atoms with Gasteiger partial charge in [-0.15, -0.1) is 0 Å². The summed E-state index contributed by atoms with van der Waals surface area (Å²) in [5, 5.41) is 9.94. The fourth-order valence-electron chi connectivity index (χ4n) is 4.52. The normalized spacial score (nSPS) is 20.9. The number of phenolic OH excluding ortho intramolecular Hbond substituents is 1. The van der Waals surface area contributed by atoms with Crippen LogP contribution in [0.3, 0.4) is 0 Å². The second kappa shape index (κ2) is 7.27. The average molecular weight is 409 g/mol. The maximum absolute atomic E-state index is 14.6. The summed E-state index contributed by atoms with van der Waals surface area (Å²) in [5.74, 6) is -0.996. The van der Waals surface area contributed by atoms with Gasteiger partial charge in [-0.2, -0.15) is 0 Å². The molecule has 0 saturated carbocycles. The number of phenols is 1.